The first-order valence-electron chi connectivity index (χ1n) is 4.39. The van der Waals surface area contributed by atoms with Crippen molar-refractivity contribution >= 4 is 11.0 Å². The van der Waals surface area contributed by atoms with Gasteiger partial charge in [0.15, 0.2) is 0 Å². The zero-order chi connectivity index (χ0) is 9.42. The van der Waals surface area contributed by atoms with Gasteiger partial charge in [0.05, 0.1) is 22.4 Å². The minimum Gasteiger partial charge on any atom is -0.250 e. The second-order valence-electron chi connectivity index (χ2n) is 3.34. The van der Waals surface area contributed by atoms with Crippen molar-refractivity contribution < 1.29 is 0 Å². The average molecular weight is 172 g/mol. The first-order valence-corrected chi connectivity index (χ1v) is 4.39. The van der Waals surface area contributed by atoms with Crippen molar-refractivity contribution in [1.29, 1.82) is 0 Å². The lowest BCUT2D eigenvalue weighted by atomic mass is 10.2. The van der Waals surface area contributed by atoms with Crippen LogP contribution in [0.15, 0.2) is 18.2 Å². The van der Waals surface area contributed by atoms with E-state index in [2.05, 4.69) is 23.0 Å². The molecule has 0 bridgehead atoms. The Hall–Kier alpha value is -1.44. The Labute approximate surface area is 77.6 Å². The first-order chi connectivity index (χ1) is 6.18. The Balaban J connectivity index is 2.89. The molecule has 0 amide bonds. The highest BCUT2D eigenvalue weighted by Gasteiger charge is 2.02. The molecular formula is C11H12N2. The molecule has 2 rings (SSSR count). The lowest BCUT2D eigenvalue weighted by Crippen LogP contribution is -1.94. The molecule has 1 heterocycles. The fraction of sp³-hybridized carbons (Fsp3) is 0.273. The van der Waals surface area contributed by atoms with E-state index < -0.39 is 0 Å². The Bertz CT molecular complexity index is 461. The molecule has 0 aliphatic heterocycles. The van der Waals surface area contributed by atoms with Gasteiger partial charge in [-0.05, 0) is 32.4 Å². The van der Waals surface area contributed by atoms with Gasteiger partial charge < -0.3 is 0 Å². The monoisotopic (exact) mass is 172 g/mol. The third-order valence-electron chi connectivity index (χ3n) is 2.31. The molecule has 2 heteroatoms. The van der Waals surface area contributed by atoms with Crippen LogP contribution in [0.1, 0.15) is 17.0 Å². The molecule has 0 saturated heterocycles. The summed E-state index contributed by atoms with van der Waals surface area (Å²) >= 11 is 0. The number of para-hydroxylation sites is 1. The van der Waals surface area contributed by atoms with Crippen molar-refractivity contribution in [3.8, 4) is 0 Å². The molecule has 1 aromatic carbocycles. The Kier molecular flexibility index (Phi) is 1.76. The van der Waals surface area contributed by atoms with Crippen molar-refractivity contribution in [1.82, 2.24) is 9.97 Å². The first kappa shape index (κ1) is 8.17. The summed E-state index contributed by atoms with van der Waals surface area (Å²) in [6.45, 7) is 6.05. The van der Waals surface area contributed by atoms with Gasteiger partial charge in [-0.3, -0.25) is 0 Å². The standard InChI is InChI=1S/C11H12N2/c1-7-5-4-6-10-11(7)13-9(3)8(2)12-10/h4-6H,1-3H3. The summed E-state index contributed by atoms with van der Waals surface area (Å²) in [5.41, 5.74) is 5.22. The summed E-state index contributed by atoms with van der Waals surface area (Å²) in [6, 6.07) is 6.08. The molecule has 0 saturated carbocycles. The largest absolute Gasteiger partial charge is 0.250 e. The number of nitrogens with zero attached hydrogens (tertiary/aromatic N) is 2. The molecule has 66 valence electrons. The third kappa shape index (κ3) is 1.28. The summed E-state index contributed by atoms with van der Waals surface area (Å²) in [5, 5.41) is 0. The summed E-state index contributed by atoms with van der Waals surface area (Å²) in [7, 11) is 0. The average Bonchev–Trinajstić information content (AvgIpc) is 2.09. The van der Waals surface area contributed by atoms with Crippen LogP contribution in [-0.4, -0.2) is 9.97 Å². The van der Waals surface area contributed by atoms with E-state index in [1.807, 2.05) is 26.0 Å². The predicted octanol–water partition coefficient (Wildman–Crippen LogP) is 2.56. The van der Waals surface area contributed by atoms with Gasteiger partial charge in [0.25, 0.3) is 0 Å². The van der Waals surface area contributed by atoms with Gasteiger partial charge in [-0.1, -0.05) is 12.1 Å². The van der Waals surface area contributed by atoms with Crippen LogP contribution >= 0.6 is 0 Å². The van der Waals surface area contributed by atoms with Crippen LogP contribution in [0.3, 0.4) is 0 Å². The number of fused-ring (bicyclic) bond motifs is 1. The van der Waals surface area contributed by atoms with Crippen molar-refractivity contribution in [3.63, 3.8) is 0 Å². The summed E-state index contributed by atoms with van der Waals surface area (Å²) < 4.78 is 0. The molecule has 0 spiro atoms. The predicted molar refractivity (Wildman–Crippen MR) is 53.7 cm³/mol. The van der Waals surface area contributed by atoms with Gasteiger partial charge >= 0.3 is 0 Å². The van der Waals surface area contributed by atoms with E-state index in [0.717, 1.165) is 22.4 Å². The molecule has 0 fully saturated rings. The minimum absolute atomic E-state index is 0.989. The number of rotatable bonds is 0. The van der Waals surface area contributed by atoms with Gasteiger partial charge in [-0.25, -0.2) is 9.97 Å². The molecule has 13 heavy (non-hydrogen) atoms. The minimum atomic E-state index is 0.989. The second kappa shape index (κ2) is 2.80. The van der Waals surface area contributed by atoms with Crippen molar-refractivity contribution in [3.05, 3.63) is 35.2 Å². The molecule has 0 aliphatic rings. The SMILES string of the molecule is Cc1nc2cccc(C)c2nc1C. The topological polar surface area (TPSA) is 25.8 Å². The molecule has 0 N–H and O–H groups in total. The van der Waals surface area contributed by atoms with Crippen LogP contribution in [0.5, 0.6) is 0 Å². The van der Waals surface area contributed by atoms with E-state index in [9.17, 15) is 0 Å². The lowest BCUT2D eigenvalue weighted by molar-refractivity contribution is 1.10. The number of aryl methyl sites for hydroxylation is 3. The highest BCUT2D eigenvalue weighted by molar-refractivity contribution is 5.77. The zero-order valence-corrected chi connectivity index (χ0v) is 8.13. The van der Waals surface area contributed by atoms with Gasteiger partial charge in [0.1, 0.15) is 0 Å². The molecule has 0 atom stereocenters. The normalized spacial score (nSPS) is 10.7. The van der Waals surface area contributed by atoms with E-state index in [4.69, 9.17) is 0 Å². The van der Waals surface area contributed by atoms with E-state index >= 15 is 0 Å². The highest BCUT2D eigenvalue weighted by atomic mass is 14.8. The maximum absolute atomic E-state index is 4.51. The molecule has 2 nitrogen and oxygen atoms in total. The fourth-order valence-electron chi connectivity index (χ4n) is 1.39. The third-order valence-corrected chi connectivity index (χ3v) is 2.31. The van der Waals surface area contributed by atoms with Crippen LogP contribution < -0.4 is 0 Å². The summed E-state index contributed by atoms with van der Waals surface area (Å²) in [4.78, 5) is 8.99. The Morgan fingerprint density at radius 2 is 1.62 bits per heavy atom. The zero-order valence-electron chi connectivity index (χ0n) is 8.13. The van der Waals surface area contributed by atoms with E-state index in [1.54, 1.807) is 0 Å². The van der Waals surface area contributed by atoms with Crippen molar-refractivity contribution in [2.45, 2.75) is 20.8 Å². The number of hydrogen-bond donors (Lipinski definition) is 0. The molecule has 0 radical (unpaired) electrons. The number of hydrogen-bond acceptors (Lipinski definition) is 2. The van der Waals surface area contributed by atoms with Gasteiger partial charge in [0.2, 0.25) is 0 Å². The number of aromatic nitrogens is 2. The number of benzene rings is 1. The second-order valence-corrected chi connectivity index (χ2v) is 3.34. The highest BCUT2D eigenvalue weighted by Crippen LogP contribution is 2.15. The molecule has 0 unspecified atom stereocenters. The van der Waals surface area contributed by atoms with Crippen LogP contribution in [0.25, 0.3) is 11.0 Å². The lowest BCUT2D eigenvalue weighted by Gasteiger charge is -2.03. The van der Waals surface area contributed by atoms with Crippen LogP contribution in [0.4, 0.5) is 0 Å². The summed E-state index contributed by atoms with van der Waals surface area (Å²) in [6.07, 6.45) is 0. The Morgan fingerprint density at radius 3 is 2.38 bits per heavy atom. The molecule has 0 aliphatic carbocycles. The van der Waals surface area contributed by atoms with E-state index in [-0.39, 0.29) is 0 Å². The maximum Gasteiger partial charge on any atom is 0.0919 e. The smallest absolute Gasteiger partial charge is 0.0919 e. The van der Waals surface area contributed by atoms with E-state index in [0.29, 0.717) is 0 Å². The van der Waals surface area contributed by atoms with Crippen molar-refractivity contribution in [2.75, 3.05) is 0 Å². The van der Waals surface area contributed by atoms with Crippen LogP contribution in [0, 0.1) is 20.8 Å². The van der Waals surface area contributed by atoms with Gasteiger partial charge in [0, 0.05) is 0 Å². The summed E-state index contributed by atoms with van der Waals surface area (Å²) in [5.74, 6) is 0. The molecular weight excluding hydrogens is 160 g/mol. The Morgan fingerprint density at radius 1 is 0.923 bits per heavy atom. The van der Waals surface area contributed by atoms with Crippen LogP contribution in [0.2, 0.25) is 0 Å². The van der Waals surface area contributed by atoms with E-state index in [1.165, 1.54) is 5.56 Å². The van der Waals surface area contributed by atoms with Gasteiger partial charge in [-0.15, -0.1) is 0 Å². The van der Waals surface area contributed by atoms with Crippen molar-refractivity contribution in [2.24, 2.45) is 0 Å². The van der Waals surface area contributed by atoms with Crippen LogP contribution in [-0.2, 0) is 0 Å². The fourth-order valence-corrected chi connectivity index (χ4v) is 1.39. The molecule has 1 aromatic heterocycles. The molecule has 2 aromatic rings. The van der Waals surface area contributed by atoms with Gasteiger partial charge in [-0.2, -0.15) is 0 Å². The maximum atomic E-state index is 4.51. The quantitative estimate of drug-likeness (QED) is 0.610.